The van der Waals surface area contributed by atoms with Crippen LogP contribution >= 0.6 is 0 Å². The smallest absolute Gasteiger partial charge is 0.416 e. The van der Waals surface area contributed by atoms with Crippen LogP contribution in [0.1, 0.15) is 44.6 Å². The van der Waals surface area contributed by atoms with Gasteiger partial charge >= 0.3 is 12.1 Å². The maximum Gasteiger partial charge on any atom is 0.416 e. The first-order valence-corrected chi connectivity index (χ1v) is 11.6. The van der Waals surface area contributed by atoms with E-state index in [1.54, 1.807) is 20.8 Å². The van der Waals surface area contributed by atoms with Crippen LogP contribution in [0.25, 0.3) is 0 Å². The third kappa shape index (κ3) is 4.91. The summed E-state index contributed by atoms with van der Waals surface area (Å²) in [5.41, 5.74) is 0.544. The van der Waals surface area contributed by atoms with E-state index in [-0.39, 0.29) is 49.3 Å². The first kappa shape index (κ1) is 24.8. The molecule has 12 heteroatoms. The van der Waals surface area contributed by atoms with Crippen LogP contribution in [0.5, 0.6) is 0 Å². The van der Waals surface area contributed by atoms with Crippen molar-refractivity contribution in [2.45, 2.75) is 31.8 Å². The molecule has 1 aromatic heterocycles. The van der Waals surface area contributed by atoms with E-state index < -0.39 is 27.7 Å². The number of piperazine rings is 1. The van der Waals surface area contributed by atoms with Crippen molar-refractivity contribution in [2.24, 2.45) is 0 Å². The van der Waals surface area contributed by atoms with Crippen molar-refractivity contribution < 1.29 is 35.9 Å². The number of aromatic amines is 1. The van der Waals surface area contributed by atoms with Gasteiger partial charge in [-0.05, 0) is 50.6 Å². The summed E-state index contributed by atoms with van der Waals surface area (Å²) in [6.45, 7) is 5.31. The number of carbonyl (C=O) groups is 2. The molecule has 1 aromatic carbocycles. The molecule has 1 N–H and O–H groups in total. The number of halogens is 3. The minimum Gasteiger partial charge on any atom is -0.462 e. The standard InChI is InChI=1S/C21H24F3N3O5S/c1-4-32-20(29)17-13(2)18(25-14(17)3)19(28)26-9-11-27(12-10-26)33(30,31)16-7-5-15(6-8-16)21(22,23)24/h5-8,25H,4,9-12H2,1-3H3. The van der Waals surface area contributed by atoms with Crippen molar-refractivity contribution in [3.8, 4) is 0 Å². The van der Waals surface area contributed by atoms with Crippen LogP contribution in [0.15, 0.2) is 29.2 Å². The summed E-state index contributed by atoms with van der Waals surface area (Å²) in [6, 6.07) is 3.31. The Balaban J connectivity index is 1.71. The number of aryl methyl sites for hydroxylation is 1. The van der Waals surface area contributed by atoms with E-state index in [4.69, 9.17) is 4.74 Å². The molecule has 0 atom stereocenters. The average Bonchev–Trinajstić information content (AvgIpc) is 3.07. The maximum atomic E-state index is 13.0. The number of H-pyrrole nitrogens is 1. The molecule has 1 saturated heterocycles. The number of nitrogens with zero attached hydrogens (tertiary/aromatic N) is 2. The molecule has 0 bridgehead atoms. The fraction of sp³-hybridized carbons (Fsp3) is 0.429. The summed E-state index contributed by atoms with van der Waals surface area (Å²) in [5.74, 6) is -0.909. The molecular weight excluding hydrogens is 463 g/mol. The van der Waals surface area contributed by atoms with Gasteiger partial charge in [0.05, 0.1) is 22.6 Å². The lowest BCUT2D eigenvalue weighted by Crippen LogP contribution is -2.50. The lowest BCUT2D eigenvalue weighted by molar-refractivity contribution is -0.137. The summed E-state index contributed by atoms with van der Waals surface area (Å²) in [5, 5.41) is 0. The highest BCUT2D eigenvalue weighted by atomic mass is 32.2. The van der Waals surface area contributed by atoms with Gasteiger partial charge in [0.2, 0.25) is 10.0 Å². The Hall–Kier alpha value is -2.86. The first-order valence-electron chi connectivity index (χ1n) is 10.2. The second-order valence-corrected chi connectivity index (χ2v) is 9.50. The molecule has 1 fully saturated rings. The Morgan fingerprint density at radius 1 is 1.06 bits per heavy atom. The normalized spacial score (nSPS) is 15.5. The minimum atomic E-state index is -4.56. The van der Waals surface area contributed by atoms with E-state index in [0.717, 1.165) is 28.6 Å². The number of carbonyl (C=O) groups excluding carboxylic acids is 2. The Morgan fingerprint density at radius 3 is 2.15 bits per heavy atom. The maximum absolute atomic E-state index is 13.0. The van der Waals surface area contributed by atoms with Crippen molar-refractivity contribution in [2.75, 3.05) is 32.8 Å². The van der Waals surface area contributed by atoms with Crippen molar-refractivity contribution in [1.82, 2.24) is 14.2 Å². The van der Waals surface area contributed by atoms with E-state index in [2.05, 4.69) is 4.98 Å². The minimum absolute atomic E-state index is 0.0153. The number of esters is 1. The van der Waals surface area contributed by atoms with Crippen LogP contribution in [-0.4, -0.2) is 67.3 Å². The zero-order valence-corrected chi connectivity index (χ0v) is 19.1. The van der Waals surface area contributed by atoms with Gasteiger partial charge in [0.1, 0.15) is 5.69 Å². The zero-order chi connectivity index (χ0) is 24.6. The number of aromatic nitrogens is 1. The highest BCUT2D eigenvalue weighted by Crippen LogP contribution is 2.30. The summed E-state index contributed by atoms with van der Waals surface area (Å²) in [4.78, 5) is 29.3. The summed E-state index contributed by atoms with van der Waals surface area (Å²) < 4.78 is 70.0. The van der Waals surface area contributed by atoms with Crippen LogP contribution in [0, 0.1) is 13.8 Å². The molecule has 1 aliphatic rings. The number of sulfonamides is 1. The van der Waals surface area contributed by atoms with Crippen LogP contribution in [0.3, 0.4) is 0 Å². The number of alkyl halides is 3. The number of amides is 1. The fourth-order valence-corrected chi connectivity index (χ4v) is 5.15. The predicted octanol–water partition coefficient (Wildman–Crippen LogP) is 2.97. The Bertz CT molecular complexity index is 1150. The van der Waals surface area contributed by atoms with Gasteiger partial charge in [0, 0.05) is 31.9 Å². The molecule has 0 unspecified atom stereocenters. The van der Waals surface area contributed by atoms with Crippen molar-refractivity contribution in [3.63, 3.8) is 0 Å². The fourth-order valence-electron chi connectivity index (χ4n) is 3.73. The third-order valence-corrected chi connectivity index (χ3v) is 7.39. The topological polar surface area (TPSA) is 99.8 Å². The molecule has 1 aliphatic heterocycles. The first-order chi connectivity index (χ1) is 15.4. The summed E-state index contributed by atoms with van der Waals surface area (Å²) >= 11 is 0. The summed E-state index contributed by atoms with van der Waals surface area (Å²) in [6.07, 6.45) is -4.56. The molecule has 8 nitrogen and oxygen atoms in total. The second kappa shape index (κ2) is 9.18. The molecule has 2 heterocycles. The van der Waals surface area contributed by atoms with Crippen LogP contribution in [0.2, 0.25) is 0 Å². The average molecular weight is 488 g/mol. The monoisotopic (exact) mass is 487 g/mol. The molecule has 0 radical (unpaired) electrons. The van der Waals surface area contributed by atoms with Crippen LogP contribution in [0.4, 0.5) is 13.2 Å². The van der Waals surface area contributed by atoms with Gasteiger partial charge in [-0.2, -0.15) is 17.5 Å². The van der Waals surface area contributed by atoms with Gasteiger partial charge in [-0.3, -0.25) is 4.79 Å². The molecule has 1 amide bonds. The number of hydrogen-bond acceptors (Lipinski definition) is 5. The molecule has 0 spiro atoms. The van der Waals surface area contributed by atoms with Gasteiger partial charge < -0.3 is 14.6 Å². The molecule has 180 valence electrons. The number of benzene rings is 1. The Kier molecular flexibility index (Phi) is 6.89. The third-order valence-electron chi connectivity index (χ3n) is 5.48. The Morgan fingerprint density at radius 2 is 1.64 bits per heavy atom. The number of ether oxygens (including phenoxy) is 1. The van der Waals surface area contributed by atoms with E-state index in [1.807, 2.05) is 0 Å². The summed E-state index contributed by atoms with van der Waals surface area (Å²) in [7, 11) is -4.01. The second-order valence-electron chi connectivity index (χ2n) is 7.56. The molecule has 0 aliphatic carbocycles. The number of rotatable bonds is 5. The molecular formula is C21H24F3N3O5S. The molecule has 2 aromatic rings. The number of nitrogens with one attached hydrogen (secondary N) is 1. The quantitative estimate of drug-likeness (QED) is 0.654. The lowest BCUT2D eigenvalue weighted by atomic mass is 10.1. The van der Waals surface area contributed by atoms with Crippen molar-refractivity contribution in [3.05, 3.63) is 52.3 Å². The highest BCUT2D eigenvalue weighted by molar-refractivity contribution is 7.89. The largest absolute Gasteiger partial charge is 0.462 e. The lowest BCUT2D eigenvalue weighted by Gasteiger charge is -2.34. The van der Waals surface area contributed by atoms with Gasteiger partial charge in [0.15, 0.2) is 0 Å². The number of hydrogen-bond donors (Lipinski definition) is 1. The van der Waals surface area contributed by atoms with Gasteiger partial charge in [0.25, 0.3) is 5.91 Å². The van der Waals surface area contributed by atoms with Crippen molar-refractivity contribution in [1.29, 1.82) is 0 Å². The zero-order valence-electron chi connectivity index (χ0n) is 18.3. The van der Waals surface area contributed by atoms with Gasteiger partial charge in [-0.1, -0.05) is 0 Å². The Labute approximate surface area is 189 Å². The molecule has 33 heavy (non-hydrogen) atoms. The van der Waals surface area contributed by atoms with Crippen LogP contribution in [-0.2, 0) is 20.9 Å². The van der Waals surface area contributed by atoms with Crippen molar-refractivity contribution >= 4 is 21.9 Å². The van der Waals surface area contributed by atoms with Gasteiger partial charge in [-0.15, -0.1) is 0 Å². The van der Waals surface area contributed by atoms with E-state index in [0.29, 0.717) is 16.8 Å². The van der Waals surface area contributed by atoms with E-state index in [9.17, 15) is 31.2 Å². The predicted molar refractivity (Wildman–Crippen MR) is 112 cm³/mol. The van der Waals surface area contributed by atoms with Gasteiger partial charge in [-0.25, -0.2) is 13.2 Å². The van der Waals surface area contributed by atoms with E-state index >= 15 is 0 Å². The molecule has 0 saturated carbocycles. The highest BCUT2D eigenvalue weighted by Gasteiger charge is 2.34. The molecule has 3 rings (SSSR count). The van der Waals surface area contributed by atoms with E-state index in [1.165, 1.54) is 4.90 Å². The SMILES string of the molecule is CCOC(=O)c1c(C)[nH]c(C(=O)N2CCN(S(=O)(=O)c3ccc(C(F)(F)F)cc3)CC2)c1C. The van der Waals surface area contributed by atoms with Crippen LogP contribution < -0.4 is 0 Å².